The maximum absolute atomic E-state index is 11.0. The van der Waals surface area contributed by atoms with Crippen LogP contribution in [-0.2, 0) is 4.74 Å². The Labute approximate surface area is 135 Å². The molecule has 1 aliphatic heterocycles. The standard InChI is InChI=1S/C12H27N9O2/c13-8-9(17-1-2-18-16)12(20-22)19-10(14)7-11(15)21-3-5-23-6-4-21/h7,11,17-19H,1-6,8,13-16H2/b10-7+,12-9-. The quantitative estimate of drug-likeness (QED) is 0.0940. The molecule has 11 N–H and O–H groups in total. The van der Waals surface area contributed by atoms with E-state index in [1.807, 2.05) is 4.90 Å². The number of hydrazine groups is 1. The van der Waals surface area contributed by atoms with E-state index in [0.29, 0.717) is 32.0 Å². The Balaban J connectivity index is 2.67. The van der Waals surface area contributed by atoms with Crippen molar-refractivity contribution >= 4 is 0 Å². The van der Waals surface area contributed by atoms with E-state index in [-0.39, 0.29) is 24.4 Å². The number of nitrogens with one attached hydrogen (secondary N) is 3. The van der Waals surface area contributed by atoms with E-state index in [0.717, 1.165) is 13.1 Å². The number of nitrogens with two attached hydrogens (primary N) is 4. The number of morpholine rings is 1. The number of nitroso groups, excluding NO2 is 1. The fourth-order valence-corrected chi connectivity index (χ4v) is 2.03. The van der Waals surface area contributed by atoms with Gasteiger partial charge in [-0.15, -0.1) is 4.91 Å². The minimum atomic E-state index is -0.380. The van der Waals surface area contributed by atoms with Crippen molar-refractivity contribution in [1.29, 1.82) is 0 Å². The van der Waals surface area contributed by atoms with E-state index >= 15 is 0 Å². The molecule has 1 fully saturated rings. The molecule has 1 atom stereocenters. The molecule has 1 saturated heterocycles. The maximum atomic E-state index is 11.0. The molecule has 11 nitrogen and oxygen atoms in total. The summed E-state index contributed by atoms with van der Waals surface area (Å²) < 4.78 is 5.26. The lowest BCUT2D eigenvalue weighted by Crippen LogP contribution is -2.47. The second-order valence-electron chi connectivity index (χ2n) is 4.89. The fraction of sp³-hybridized carbons (Fsp3) is 0.667. The number of hydrogen-bond donors (Lipinski definition) is 7. The second kappa shape index (κ2) is 10.9. The van der Waals surface area contributed by atoms with E-state index in [4.69, 9.17) is 27.8 Å². The summed E-state index contributed by atoms with van der Waals surface area (Å²) in [6.45, 7) is 3.80. The van der Waals surface area contributed by atoms with E-state index in [2.05, 4.69) is 21.2 Å². The van der Waals surface area contributed by atoms with Crippen molar-refractivity contribution in [2.45, 2.75) is 6.17 Å². The third-order valence-electron chi connectivity index (χ3n) is 3.27. The lowest BCUT2D eigenvalue weighted by Gasteiger charge is -2.30. The van der Waals surface area contributed by atoms with Gasteiger partial charge in [0, 0.05) is 32.7 Å². The Bertz CT molecular complexity index is 421. The third-order valence-corrected chi connectivity index (χ3v) is 3.27. The van der Waals surface area contributed by atoms with E-state index in [1.165, 1.54) is 0 Å². The summed E-state index contributed by atoms with van der Waals surface area (Å²) in [7, 11) is 0. The van der Waals surface area contributed by atoms with Crippen LogP contribution in [0.15, 0.2) is 28.6 Å². The smallest absolute Gasteiger partial charge is 0.196 e. The molecule has 1 rings (SSSR count). The normalized spacial score (nSPS) is 19.0. The van der Waals surface area contributed by atoms with E-state index < -0.39 is 0 Å². The highest BCUT2D eigenvalue weighted by atomic mass is 16.5. The molecule has 0 saturated carbocycles. The molecule has 0 spiro atoms. The zero-order chi connectivity index (χ0) is 17.1. The second-order valence-corrected chi connectivity index (χ2v) is 4.89. The number of nitrogens with zero attached hydrogens (tertiary/aromatic N) is 2. The first-order valence-electron chi connectivity index (χ1n) is 7.38. The van der Waals surface area contributed by atoms with Crippen molar-refractivity contribution in [3.8, 4) is 0 Å². The Morgan fingerprint density at radius 2 is 2.04 bits per heavy atom. The zero-order valence-electron chi connectivity index (χ0n) is 13.1. The molecular formula is C12H27N9O2. The summed E-state index contributed by atoms with van der Waals surface area (Å²) >= 11 is 0. The zero-order valence-corrected chi connectivity index (χ0v) is 13.1. The van der Waals surface area contributed by atoms with Crippen LogP contribution in [0.1, 0.15) is 0 Å². The van der Waals surface area contributed by atoms with Gasteiger partial charge in [-0.25, -0.2) is 0 Å². The Hall–Kier alpha value is -1.76. The Morgan fingerprint density at radius 3 is 2.61 bits per heavy atom. The molecule has 11 heteroatoms. The topological polar surface area (TPSA) is 182 Å². The monoisotopic (exact) mass is 329 g/mol. The molecule has 0 amide bonds. The fourth-order valence-electron chi connectivity index (χ4n) is 2.03. The molecule has 23 heavy (non-hydrogen) atoms. The summed E-state index contributed by atoms with van der Waals surface area (Å²) in [6.07, 6.45) is 1.24. The summed E-state index contributed by atoms with van der Waals surface area (Å²) in [4.78, 5) is 13.0. The largest absolute Gasteiger partial charge is 0.385 e. The molecule has 0 aromatic carbocycles. The van der Waals surface area contributed by atoms with Crippen LogP contribution >= 0.6 is 0 Å². The van der Waals surface area contributed by atoms with Crippen LogP contribution in [0.25, 0.3) is 0 Å². The van der Waals surface area contributed by atoms with Crippen LogP contribution in [-0.4, -0.2) is 57.0 Å². The van der Waals surface area contributed by atoms with Crippen molar-refractivity contribution in [3.63, 3.8) is 0 Å². The number of ether oxygens (including phenoxy) is 1. The first-order chi connectivity index (χ1) is 11.1. The molecular weight excluding hydrogens is 302 g/mol. The van der Waals surface area contributed by atoms with E-state index in [1.54, 1.807) is 6.08 Å². The lowest BCUT2D eigenvalue weighted by molar-refractivity contribution is 0.0265. The summed E-state index contributed by atoms with van der Waals surface area (Å²) in [6, 6.07) is 0. The average Bonchev–Trinajstić information content (AvgIpc) is 2.58. The molecule has 0 radical (unpaired) electrons. The predicted octanol–water partition coefficient (Wildman–Crippen LogP) is -3.06. The number of hydrogen-bond acceptors (Lipinski definition) is 11. The first-order valence-corrected chi connectivity index (χ1v) is 7.38. The average molecular weight is 329 g/mol. The lowest BCUT2D eigenvalue weighted by atomic mass is 10.3. The predicted molar refractivity (Wildman–Crippen MR) is 87.8 cm³/mol. The van der Waals surface area contributed by atoms with Crippen molar-refractivity contribution in [2.24, 2.45) is 28.2 Å². The van der Waals surface area contributed by atoms with Gasteiger partial charge in [0.1, 0.15) is 5.82 Å². The Kier molecular flexibility index (Phi) is 9.12. The van der Waals surface area contributed by atoms with Gasteiger partial charge < -0.3 is 32.6 Å². The molecule has 1 unspecified atom stereocenters. The molecule has 0 aliphatic carbocycles. The highest BCUT2D eigenvalue weighted by Gasteiger charge is 2.16. The van der Waals surface area contributed by atoms with Crippen LogP contribution in [0.3, 0.4) is 0 Å². The van der Waals surface area contributed by atoms with Crippen LogP contribution in [0.5, 0.6) is 0 Å². The van der Waals surface area contributed by atoms with Crippen LogP contribution in [0, 0.1) is 4.91 Å². The van der Waals surface area contributed by atoms with Crippen LogP contribution in [0.2, 0.25) is 0 Å². The van der Waals surface area contributed by atoms with Crippen molar-refractivity contribution in [1.82, 2.24) is 21.0 Å². The van der Waals surface area contributed by atoms with Gasteiger partial charge in [0.15, 0.2) is 5.82 Å². The first kappa shape index (κ1) is 19.3. The highest BCUT2D eigenvalue weighted by Crippen LogP contribution is 2.04. The van der Waals surface area contributed by atoms with Crippen molar-refractivity contribution in [2.75, 3.05) is 45.9 Å². The summed E-state index contributed by atoms with van der Waals surface area (Å²) in [5, 5.41) is 8.61. The molecule has 0 aromatic rings. The highest BCUT2D eigenvalue weighted by molar-refractivity contribution is 5.17. The number of rotatable bonds is 10. The van der Waals surface area contributed by atoms with Gasteiger partial charge >= 0.3 is 0 Å². The third kappa shape index (κ3) is 6.90. The van der Waals surface area contributed by atoms with Gasteiger partial charge in [0.05, 0.1) is 25.1 Å². The van der Waals surface area contributed by atoms with Gasteiger partial charge in [-0.2, -0.15) is 0 Å². The van der Waals surface area contributed by atoms with Crippen molar-refractivity contribution in [3.05, 3.63) is 28.3 Å². The van der Waals surface area contributed by atoms with Crippen molar-refractivity contribution < 1.29 is 4.74 Å². The summed E-state index contributed by atoms with van der Waals surface area (Å²) in [5.74, 6) is 5.42. The molecule has 132 valence electrons. The molecule has 0 bridgehead atoms. The van der Waals surface area contributed by atoms with Crippen LogP contribution in [0.4, 0.5) is 0 Å². The van der Waals surface area contributed by atoms with Crippen LogP contribution < -0.4 is 39.1 Å². The van der Waals surface area contributed by atoms with Gasteiger partial charge in [-0.3, -0.25) is 16.2 Å². The molecule has 1 heterocycles. The van der Waals surface area contributed by atoms with Gasteiger partial charge in [-0.1, -0.05) is 0 Å². The maximum Gasteiger partial charge on any atom is 0.196 e. The van der Waals surface area contributed by atoms with Gasteiger partial charge in [-0.05, 0) is 11.3 Å². The summed E-state index contributed by atoms with van der Waals surface area (Å²) in [5.41, 5.74) is 20.5. The Morgan fingerprint density at radius 1 is 1.35 bits per heavy atom. The molecule has 1 aliphatic rings. The minimum Gasteiger partial charge on any atom is -0.385 e. The molecule has 0 aromatic heterocycles. The van der Waals surface area contributed by atoms with E-state index in [9.17, 15) is 4.91 Å². The van der Waals surface area contributed by atoms with Gasteiger partial charge in [0.25, 0.3) is 0 Å². The minimum absolute atomic E-state index is 0.0208. The SMILES string of the molecule is NC/C(NCCNN)=C(/N=O)N/C(N)=C/C(N)N1CCOCC1. The van der Waals surface area contributed by atoms with Gasteiger partial charge in [0.2, 0.25) is 0 Å².